The van der Waals surface area contributed by atoms with Gasteiger partial charge in [0.25, 0.3) is 22.9 Å². The monoisotopic (exact) mass is 1780 g/mol. The average molecular weight is 1790 g/mol. The highest BCUT2D eigenvalue weighted by atomic mass is 32.5. The number of amides is 4. The van der Waals surface area contributed by atoms with Crippen LogP contribution in [0.2, 0.25) is 0 Å². The number of benzene rings is 2. The van der Waals surface area contributed by atoms with Crippen LogP contribution in [-0.4, -0.2) is 237 Å². The molecule has 0 radical (unpaired) electrons. The maximum atomic E-state index is 18.3. The highest BCUT2D eigenvalue weighted by molar-refractivity contribution is 8.07. The number of aliphatic hydroxyl groups excluding tert-OH is 2. The number of halogens is 2. The molecular formula is C70H73F2N22O23P3S2. The van der Waals surface area contributed by atoms with Gasteiger partial charge in [-0.3, -0.25) is 90.3 Å². The number of nitriles is 2. The minimum absolute atomic E-state index is 0.0411. The molecule has 642 valence electrons. The van der Waals surface area contributed by atoms with Crippen LogP contribution < -0.4 is 32.4 Å². The molecule has 14 heterocycles. The van der Waals surface area contributed by atoms with Gasteiger partial charge in [0.2, 0.25) is 23.7 Å². The second-order valence-electron chi connectivity index (χ2n) is 29.0. The summed E-state index contributed by atoms with van der Waals surface area (Å²) in [6.45, 7) is -7.45. The molecular weight excluding hydrogens is 1710 g/mol. The maximum absolute atomic E-state index is 18.3. The summed E-state index contributed by atoms with van der Waals surface area (Å²) in [6.07, 6.45) is -18.3. The lowest BCUT2D eigenvalue weighted by Gasteiger charge is -2.31. The number of carbonyl (C=O) groups is 4. The van der Waals surface area contributed by atoms with Gasteiger partial charge in [-0.2, -0.15) is 20.5 Å². The lowest BCUT2D eigenvalue weighted by atomic mass is 10.0. The van der Waals surface area contributed by atoms with E-state index in [1.165, 1.54) is 34.4 Å². The van der Waals surface area contributed by atoms with Crippen molar-refractivity contribution >= 4 is 137 Å². The van der Waals surface area contributed by atoms with Crippen LogP contribution in [0.3, 0.4) is 0 Å². The minimum Gasteiger partial charge on any atom is -0.393 e. The van der Waals surface area contributed by atoms with E-state index in [4.69, 9.17) is 88.2 Å². The number of aromatic amines is 2. The van der Waals surface area contributed by atoms with Crippen molar-refractivity contribution in [1.29, 1.82) is 10.5 Å². The summed E-state index contributed by atoms with van der Waals surface area (Å²) in [6, 6.07) is 20.5. The number of hydrogen-bond acceptors (Lipinski definition) is 37. The van der Waals surface area contributed by atoms with E-state index in [0.717, 1.165) is 21.8 Å². The molecule has 2 aromatic carbocycles. The zero-order valence-electron chi connectivity index (χ0n) is 64.1. The first-order chi connectivity index (χ1) is 58.7. The van der Waals surface area contributed by atoms with Gasteiger partial charge in [-0.05, 0) is 47.9 Å². The molecule has 2 unspecified atom stereocenters. The molecule has 6 fully saturated rings. The van der Waals surface area contributed by atoms with Crippen LogP contribution in [0.4, 0.5) is 32.3 Å². The zero-order valence-corrected chi connectivity index (χ0v) is 68.6. The Morgan fingerprint density at radius 2 is 0.959 bits per heavy atom. The van der Waals surface area contributed by atoms with E-state index in [1.54, 1.807) is 88.4 Å². The molecule has 6 aliphatic rings. The van der Waals surface area contributed by atoms with Crippen LogP contribution >= 0.6 is 21.7 Å². The van der Waals surface area contributed by atoms with E-state index in [1.807, 2.05) is 12.1 Å². The Balaban J connectivity index is 0.685. The molecule has 4 bridgehead atoms. The Morgan fingerprint density at radius 1 is 0.574 bits per heavy atom. The first-order valence-electron chi connectivity index (χ1n) is 37.5. The number of carbonyl (C=O) groups excluding carboxylic acids is 4. The molecule has 52 heteroatoms. The first kappa shape index (κ1) is 85.4. The summed E-state index contributed by atoms with van der Waals surface area (Å²) in [5.74, 6) is -4.17. The Labute approximate surface area is 696 Å². The molecule has 45 nitrogen and oxygen atoms in total. The van der Waals surface area contributed by atoms with Crippen molar-refractivity contribution in [2.24, 2.45) is 11.8 Å². The molecule has 8 N–H and O–H groups in total. The van der Waals surface area contributed by atoms with Gasteiger partial charge >= 0.3 is 21.7 Å². The third kappa shape index (κ3) is 16.6. The number of aliphatic hydroxyl groups is 2. The van der Waals surface area contributed by atoms with Crippen molar-refractivity contribution in [3.05, 3.63) is 130 Å². The molecule has 16 rings (SSSR count). The van der Waals surface area contributed by atoms with E-state index < -0.39 is 228 Å². The van der Waals surface area contributed by atoms with Gasteiger partial charge in [-0.15, -0.1) is 0 Å². The minimum atomic E-state index is -4.47. The molecule has 0 spiro atoms. The standard InChI is InChI=1S/C70H73F2N22O23P3S2/c1-33(2)57(97)87-67-85-55-43(61(101)89-67)81-31-93(55)63-45(39(71)37(110-63)21-108-119(121,106-19-11-17-73)116-49-47-65(112-69(49,23-95)25-104-47)91-29-79-41-51(75-27-77-53(41)91)83-59(99)35-13-7-5-8-14-35)114-118(103)115-46-40(72)38(111-64(46)94-32-82-44-56(94)86-68(90-62(44)102)88-58(98)34(3)4)22-109-120(122,107-20-12-18-74)117-50-48-66(113-70(50,24-96)26-105-48)92-30-80-42-52(76-28-78-54(42)92)84-60(100)36-15-9-6-10-16-36/h5-10,13-16,27-34,37-40,45-50,63-66,95-96,118H,11-12,19-26H2,1-4H3,(H,75,77,83,99)(H,76,78,84,100)(H2,85,87,89,97,101)(H2,86,88,90,98,102)/t37-,38-,39+,40+,45-,46-,47-,48-,49+,50+,63-,64-,65-,66-,69+,70+,119?,120?/m1/s1. The highest BCUT2D eigenvalue weighted by Gasteiger charge is 2.67. The second-order valence-corrected chi connectivity index (χ2v) is 35.9. The Kier molecular flexibility index (Phi) is 24.7. The van der Waals surface area contributed by atoms with Crippen molar-refractivity contribution in [1.82, 2.24) is 78.1 Å². The van der Waals surface area contributed by atoms with Crippen LogP contribution in [0.5, 0.6) is 0 Å². The van der Waals surface area contributed by atoms with Crippen LogP contribution in [0.1, 0.15) is 86.2 Å². The van der Waals surface area contributed by atoms with Crippen molar-refractivity contribution in [3.63, 3.8) is 0 Å². The number of imidazole rings is 4. The predicted molar refractivity (Wildman–Crippen MR) is 421 cm³/mol. The number of nitrogens with zero attached hydrogens (tertiary/aromatic N) is 16. The molecule has 18 atom stereocenters. The highest BCUT2D eigenvalue weighted by Crippen LogP contribution is 2.61. The maximum Gasteiger partial charge on any atom is 0.327 e. The van der Waals surface area contributed by atoms with Crippen molar-refractivity contribution in [3.8, 4) is 12.1 Å². The molecule has 10 aromatic rings. The van der Waals surface area contributed by atoms with Crippen LogP contribution in [0.25, 0.3) is 44.7 Å². The molecule has 6 saturated heterocycles. The smallest absolute Gasteiger partial charge is 0.327 e. The third-order valence-corrected chi connectivity index (χ3v) is 26.0. The Morgan fingerprint density at radius 3 is 1.34 bits per heavy atom. The summed E-state index contributed by atoms with van der Waals surface area (Å²) < 4.78 is 145. The number of nitrogens with one attached hydrogen (secondary N) is 6. The number of hydrogen-bond donors (Lipinski definition) is 8. The molecule has 122 heavy (non-hydrogen) atoms. The fourth-order valence-electron chi connectivity index (χ4n) is 14.3. The first-order valence-corrected chi connectivity index (χ1v) is 43.9. The number of aromatic nitrogens is 16. The van der Waals surface area contributed by atoms with Gasteiger partial charge < -0.3 is 67.4 Å². The van der Waals surface area contributed by atoms with Gasteiger partial charge in [-0.25, -0.2) is 48.7 Å². The molecule has 0 aliphatic carbocycles. The number of fused-ring (bicyclic) bond motifs is 8. The summed E-state index contributed by atoms with van der Waals surface area (Å²) in [7, 11) is -4.47. The van der Waals surface area contributed by atoms with Gasteiger partial charge in [0.15, 0.2) is 93.5 Å². The molecule has 0 saturated carbocycles. The van der Waals surface area contributed by atoms with Gasteiger partial charge in [0.1, 0.15) is 72.7 Å². The number of ether oxygens (including phenoxy) is 6. The van der Waals surface area contributed by atoms with Crippen LogP contribution in [0, 0.1) is 34.5 Å². The summed E-state index contributed by atoms with van der Waals surface area (Å²) >= 11 is 12.1. The van der Waals surface area contributed by atoms with Crippen molar-refractivity contribution < 1.29 is 107 Å². The van der Waals surface area contributed by atoms with E-state index in [2.05, 4.69) is 81.1 Å². The fourth-order valence-corrected chi connectivity index (χ4v) is 19.5. The summed E-state index contributed by atoms with van der Waals surface area (Å²) in [4.78, 5) is 128. The average Bonchev–Trinajstić information content (AvgIpc) is 1.56. The number of rotatable bonds is 34. The normalized spacial score (nSPS) is 27.2. The quantitative estimate of drug-likeness (QED) is 0.0200. The van der Waals surface area contributed by atoms with E-state index in [-0.39, 0.29) is 71.3 Å². The predicted octanol–water partition coefficient (Wildman–Crippen LogP) is 4.69. The SMILES string of the molecule is CC(C)C(=O)Nc1nc2c(ncn2[C@@H]2O[C@H](COP(=S)(OCCC#N)O[C@H]3[C@H]4OC[C@]3(CO)O[C@H]4n3cnc4c(NC(=O)c5ccccc5)ncnc43)[C@H](F)[C@H]2O[PH](=O)O[C@@H]2[C@@H](F)[C@@H](COP(=S)(OCCC#N)O[C@H]3[C@H]4OC[C@]3(CO)O[C@H]4n3cnc4c(NC(=O)c5ccccc5)ncnc43)O[C@H]2n2cnc3c(=O)[nH]c(NC(=O)C(C)C)nc32)c(=O)[nH]1. The second kappa shape index (κ2) is 35.2. The summed E-state index contributed by atoms with van der Waals surface area (Å²) in [5, 5.41) is 52.2. The van der Waals surface area contributed by atoms with Gasteiger partial charge in [0, 0.05) is 23.0 Å². The number of alkyl halides is 2. The molecule has 8 aromatic heterocycles. The number of H-pyrrole nitrogens is 2. The summed E-state index contributed by atoms with van der Waals surface area (Å²) in [5.41, 5.74) is -5.59. The van der Waals surface area contributed by atoms with Crippen LogP contribution in [-0.2, 0) is 102 Å². The largest absolute Gasteiger partial charge is 0.393 e. The van der Waals surface area contributed by atoms with Crippen LogP contribution in [0.15, 0.2) is 108 Å². The lowest BCUT2D eigenvalue weighted by Crippen LogP contribution is -2.45. The fraction of sp³-hybridized carbons (Fsp3) is 0.457. The van der Waals surface area contributed by atoms with E-state index >= 15 is 13.3 Å². The van der Waals surface area contributed by atoms with Crippen molar-refractivity contribution in [2.75, 3.05) is 74.1 Å². The molecule has 4 amide bonds. The zero-order chi connectivity index (χ0) is 85.7. The van der Waals surface area contributed by atoms with E-state index in [0.29, 0.717) is 11.1 Å². The van der Waals surface area contributed by atoms with Crippen molar-refractivity contribution in [2.45, 2.75) is 138 Å². The number of anilines is 4. The Hall–Kier alpha value is -10.2. The van der Waals surface area contributed by atoms with E-state index in [9.17, 15) is 49.5 Å². The molecule has 6 aliphatic heterocycles. The van der Waals surface area contributed by atoms with Gasteiger partial charge in [0.05, 0.1) is 103 Å². The Bertz CT molecular complexity index is 5650. The third-order valence-electron chi connectivity index (χ3n) is 20.4. The topological polar surface area (TPSA) is 565 Å². The van der Waals surface area contributed by atoms with Gasteiger partial charge in [-0.1, -0.05) is 64.1 Å². The lowest BCUT2D eigenvalue weighted by molar-refractivity contribution is -0.185.